The number of carbonyl (C=O) groups excluding carboxylic acids is 1. The van der Waals surface area contributed by atoms with Crippen LogP contribution in [0.25, 0.3) is 11.0 Å². The lowest BCUT2D eigenvalue weighted by Gasteiger charge is -2.33. The van der Waals surface area contributed by atoms with Gasteiger partial charge in [0.1, 0.15) is 5.82 Å². The maximum atomic E-state index is 13.6. The first kappa shape index (κ1) is 20.2. The number of alkyl halides is 3. The molecule has 1 fully saturated rings. The van der Waals surface area contributed by atoms with E-state index in [0.29, 0.717) is 32.5 Å². The van der Waals surface area contributed by atoms with Crippen molar-refractivity contribution >= 4 is 17.1 Å². The molecule has 5 nitrogen and oxygen atoms in total. The molecular formula is C21H20F4N4O. The summed E-state index contributed by atoms with van der Waals surface area (Å²) in [6, 6.07) is 12.2. The number of amides is 2. The van der Waals surface area contributed by atoms with Gasteiger partial charge in [0.25, 0.3) is 0 Å². The number of rotatable bonds is 3. The van der Waals surface area contributed by atoms with Gasteiger partial charge in [-0.15, -0.1) is 0 Å². The van der Waals surface area contributed by atoms with E-state index in [0.717, 1.165) is 22.3 Å². The summed E-state index contributed by atoms with van der Waals surface area (Å²) in [6.07, 6.45) is -3.95. The van der Waals surface area contributed by atoms with Crippen LogP contribution < -0.4 is 5.32 Å². The van der Waals surface area contributed by atoms with Gasteiger partial charge < -0.3 is 14.8 Å². The molecule has 2 amide bonds. The molecule has 4 rings (SSSR count). The Bertz CT molecular complexity index is 1040. The average Bonchev–Trinajstić information content (AvgIpc) is 3.12. The number of imidazole rings is 1. The Morgan fingerprint density at radius 1 is 1.10 bits per heavy atom. The smallest absolute Gasteiger partial charge is 0.334 e. The molecule has 1 aliphatic heterocycles. The first-order valence-electron chi connectivity index (χ1n) is 9.64. The number of piperidine rings is 1. The fraction of sp³-hybridized carbons (Fsp3) is 0.333. The number of carbonyl (C=O) groups is 1. The lowest BCUT2D eigenvalue weighted by molar-refractivity contribution is -0.147. The van der Waals surface area contributed by atoms with E-state index in [4.69, 9.17) is 0 Å². The van der Waals surface area contributed by atoms with E-state index in [1.807, 2.05) is 30.3 Å². The highest BCUT2D eigenvalue weighted by molar-refractivity contribution is 5.77. The molecule has 9 heteroatoms. The molecule has 1 aromatic heterocycles. The van der Waals surface area contributed by atoms with E-state index in [1.165, 1.54) is 6.07 Å². The van der Waals surface area contributed by atoms with Gasteiger partial charge in [0.2, 0.25) is 5.82 Å². The molecule has 1 aliphatic rings. The van der Waals surface area contributed by atoms with Crippen molar-refractivity contribution in [1.29, 1.82) is 0 Å². The van der Waals surface area contributed by atoms with Gasteiger partial charge in [0.15, 0.2) is 0 Å². The van der Waals surface area contributed by atoms with Gasteiger partial charge in [0.05, 0.1) is 11.0 Å². The topological polar surface area (TPSA) is 50.2 Å². The summed E-state index contributed by atoms with van der Waals surface area (Å²) in [5.41, 5.74) is 1.19. The van der Waals surface area contributed by atoms with Gasteiger partial charge in [-0.1, -0.05) is 30.3 Å². The molecule has 0 atom stereocenters. The zero-order valence-electron chi connectivity index (χ0n) is 16.0. The van der Waals surface area contributed by atoms with Crippen LogP contribution in [-0.4, -0.2) is 33.6 Å². The first-order chi connectivity index (χ1) is 14.3. The number of hydrogen-bond acceptors (Lipinski definition) is 2. The Morgan fingerprint density at radius 3 is 2.47 bits per heavy atom. The highest BCUT2D eigenvalue weighted by Gasteiger charge is 2.40. The Kier molecular flexibility index (Phi) is 5.36. The average molecular weight is 420 g/mol. The summed E-state index contributed by atoms with van der Waals surface area (Å²) in [5.74, 6) is -1.67. The maximum absolute atomic E-state index is 13.6. The second-order valence-corrected chi connectivity index (χ2v) is 7.30. The summed E-state index contributed by atoms with van der Waals surface area (Å²) in [4.78, 5) is 17.7. The third-order valence-corrected chi connectivity index (χ3v) is 5.31. The largest absolute Gasteiger partial charge is 0.449 e. The molecule has 158 valence electrons. The SMILES string of the molecule is O=C(NCc1ccccc1)N1CCC(n2c(C(F)(F)F)nc3cc(F)ccc32)CC1. The normalized spacial score (nSPS) is 15.5. The van der Waals surface area contributed by atoms with Crippen LogP contribution in [0.4, 0.5) is 22.4 Å². The van der Waals surface area contributed by atoms with Crippen LogP contribution in [0.1, 0.15) is 30.3 Å². The van der Waals surface area contributed by atoms with Crippen LogP contribution in [0.5, 0.6) is 0 Å². The van der Waals surface area contributed by atoms with Crippen LogP contribution in [0.15, 0.2) is 48.5 Å². The second-order valence-electron chi connectivity index (χ2n) is 7.30. The molecule has 1 N–H and O–H groups in total. The molecule has 30 heavy (non-hydrogen) atoms. The monoisotopic (exact) mass is 420 g/mol. The molecule has 0 saturated carbocycles. The van der Waals surface area contributed by atoms with Crippen molar-refractivity contribution in [1.82, 2.24) is 19.8 Å². The van der Waals surface area contributed by atoms with Crippen molar-refractivity contribution < 1.29 is 22.4 Å². The summed E-state index contributed by atoms with van der Waals surface area (Å²) in [6.45, 7) is 1.03. The zero-order chi connectivity index (χ0) is 21.3. The summed E-state index contributed by atoms with van der Waals surface area (Å²) < 4.78 is 55.3. The number of nitrogens with zero attached hydrogens (tertiary/aromatic N) is 3. The van der Waals surface area contributed by atoms with E-state index in [-0.39, 0.29) is 17.1 Å². The van der Waals surface area contributed by atoms with Gasteiger partial charge in [-0.25, -0.2) is 14.2 Å². The number of fused-ring (bicyclic) bond motifs is 1. The molecule has 0 spiro atoms. The number of halogens is 4. The van der Waals surface area contributed by atoms with Crippen LogP contribution in [0, 0.1) is 5.82 Å². The van der Waals surface area contributed by atoms with E-state index < -0.39 is 23.9 Å². The predicted molar refractivity (Wildman–Crippen MR) is 103 cm³/mol. The maximum Gasteiger partial charge on any atom is 0.449 e. The molecule has 2 aromatic carbocycles. The second kappa shape index (κ2) is 7.97. The minimum Gasteiger partial charge on any atom is -0.334 e. The number of urea groups is 1. The third-order valence-electron chi connectivity index (χ3n) is 5.31. The zero-order valence-corrected chi connectivity index (χ0v) is 16.0. The Morgan fingerprint density at radius 2 is 1.80 bits per heavy atom. The molecule has 0 bridgehead atoms. The van der Waals surface area contributed by atoms with Crippen LogP contribution in [-0.2, 0) is 12.7 Å². The van der Waals surface area contributed by atoms with Crippen molar-refractivity contribution in [2.45, 2.75) is 31.6 Å². The van der Waals surface area contributed by atoms with E-state index in [1.54, 1.807) is 4.90 Å². The van der Waals surface area contributed by atoms with Crippen LogP contribution in [0.2, 0.25) is 0 Å². The third kappa shape index (κ3) is 4.10. The highest BCUT2D eigenvalue weighted by Crippen LogP contribution is 2.36. The minimum atomic E-state index is -4.65. The Labute approximate surface area is 170 Å². The lowest BCUT2D eigenvalue weighted by Crippen LogP contribution is -2.44. The number of aromatic nitrogens is 2. The van der Waals surface area contributed by atoms with Gasteiger partial charge >= 0.3 is 12.2 Å². The number of benzene rings is 2. The van der Waals surface area contributed by atoms with Crippen molar-refractivity contribution in [3.8, 4) is 0 Å². The molecular weight excluding hydrogens is 400 g/mol. The van der Waals surface area contributed by atoms with Crippen LogP contribution in [0.3, 0.4) is 0 Å². The highest BCUT2D eigenvalue weighted by atomic mass is 19.4. The fourth-order valence-electron chi connectivity index (χ4n) is 3.85. The molecule has 3 aromatic rings. The number of hydrogen-bond donors (Lipinski definition) is 1. The van der Waals surface area contributed by atoms with Gasteiger partial charge in [0, 0.05) is 31.7 Å². The molecule has 1 saturated heterocycles. The Balaban J connectivity index is 1.47. The number of likely N-dealkylation sites (tertiary alicyclic amines) is 1. The standard InChI is InChI=1S/C21H20F4N4O/c22-15-6-7-18-17(12-15)27-19(21(23,24)25)29(18)16-8-10-28(11-9-16)20(30)26-13-14-4-2-1-3-5-14/h1-7,12,16H,8-11,13H2,(H,26,30). The first-order valence-corrected chi connectivity index (χ1v) is 9.64. The molecule has 0 unspecified atom stereocenters. The lowest BCUT2D eigenvalue weighted by atomic mass is 10.0. The van der Waals surface area contributed by atoms with Gasteiger partial charge in [-0.3, -0.25) is 0 Å². The van der Waals surface area contributed by atoms with Gasteiger partial charge in [-0.05, 0) is 30.5 Å². The number of nitrogens with one attached hydrogen (secondary N) is 1. The summed E-state index contributed by atoms with van der Waals surface area (Å²) >= 11 is 0. The molecule has 0 radical (unpaired) electrons. The molecule has 0 aliphatic carbocycles. The van der Waals surface area contributed by atoms with Crippen molar-refractivity contribution in [3.05, 3.63) is 65.7 Å². The van der Waals surface area contributed by atoms with Crippen molar-refractivity contribution in [3.63, 3.8) is 0 Å². The summed E-state index contributed by atoms with van der Waals surface area (Å²) in [5, 5.41) is 2.84. The van der Waals surface area contributed by atoms with E-state index in [2.05, 4.69) is 10.3 Å². The predicted octanol–water partition coefficient (Wildman–Crippen LogP) is 4.74. The Hall–Kier alpha value is -3.10. The quantitative estimate of drug-likeness (QED) is 0.623. The summed E-state index contributed by atoms with van der Waals surface area (Å²) in [7, 11) is 0. The molecule has 2 heterocycles. The van der Waals surface area contributed by atoms with Gasteiger partial charge in [-0.2, -0.15) is 13.2 Å². The van der Waals surface area contributed by atoms with E-state index in [9.17, 15) is 22.4 Å². The van der Waals surface area contributed by atoms with Crippen LogP contribution >= 0.6 is 0 Å². The van der Waals surface area contributed by atoms with Crippen molar-refractivity contribution in [2.75, 3.05) is 13.1 Å². The minimum absolute atomic E-state index is 0.0228. The fourth-order valence-corrected chi connectivity index (χ4v) is 3.85. The van der Waals surface area contributed by atoms with E-state index >= 15 is 0 Å². The van der Waals surface area contributed by atoms with Crippen molar-refractivity contribution in [2.24, 2.45) is 0 Å².